The van der Waals surface area contributed by atoms with Gasteiger partial charge in [0.1, 0.15) is 5.75 Å². The number of amides is 1. The molecule has 0 aliphatic rings. The first-order chi connectivity index (χ1) is 15.7. The van der Waals surface area contributed by atoms with Gasteiger partial charge >= 0.3 is 0 Å². The second kappa shape index (κ2) is 10.5. The molecule has 0 spiro atoms. The number of nitrogens with zero attached hydrogens (tertiary/aromatic N) is 1. The highest BCUT2D eigenvalue weighted by molar-refractivity contribution is 7.92. The molecule has 0 aromatic heterocycles. The Morgan fingerprint density at radius 1 is 1.00 bits per heavy atom. The van der Waals surface area contributed by atoms with E-state index in [2.05, 4.69) is 5.32 Å². The number of hydrogen-bond donors (Lipinski definition) is 1. The molecule has 3 aromatic rings. The zero-order valence-electron chi connectivity index (χ0n) is 19.5. The van der Waals surface area contributed by atoms with E-state index in [1.165, 1.54) is 10.6 Å². The van der Waals surface area contributed by atoms with Crippen LogP contribution in [0.15, 0.2) is 66.7 Å². The number of nitrogens with one attached hydrogen (secondary N) is 1. The van der Waals surface area contributed by atoms with Gasteiger partial charge in [0.15, 0.2) is 0 Å². The van der Waals surface area contributed by atoms with Gasteiger partial charge in [0, 0.05) is 17.7 Å². The Morgan fingerprint density at radius 2 is 1.70 bits per heavy atom. The van der Waals surface area contributed by atoms with E-state index in [0.717, 1.165) is 28.0 Å². The first-order valence-corrected chi connectivity index (χ1v) is 12.7. The largest absolute Gasteiger partial charge is 0.494 e. The monoisotopic (exact) mass is 466 g/mol. The minimum absolute atomic E-state index is 0.187. The SMILES string of the molecule is CCOc1ccccc1CNC(=O)c1ccc(CN(c2cc(C)ccc2C)S(C)(=O)=O)cc1. The number of carbonyl (C=O) groups is 1. The fourth-order valence-electron chi connectivity index (χ4n) is 3.52. The van der Waals surface area contributed by atoms with Crippen molar-refractivity contribution in [2.75, 3.05) is 17.2 Å². The summed E-state index contributed by atoms with van der Waals surface area (Å²) in [6, 6.07) is 20.3. The molecular formula is C26H30N2O4S. The summed E-state index contributed by atoms with van der Waals surface area (Å²) < 4.78 is 32.0. The summed E-state index contributed by atoms with van der Waals surface area (Å²) in [6.07, 6.45) is 1.21. The highest BCUT2D eigenvalue weighted by Crippen LogP contribution is 2.26. The van der Waals surface area contributed by atoms with E-state index < -0.39 is 10.0 Å². The van der Waals surface area contributed by atoms with E-state index in [9.17, 15) is 13.2 Å². The van der Waals surface area contributed by atoms with Crippen molar-refractivity contribution in [2.24, 2.45) is 0 Å². The average molecular weight is 467 g/mol. The maximum absolute atomic E-state index is 12.6. The number of ether oxygens (including phenoxy) is 1. The number of rotatable bonds is 9. The van der Waals surface area contributed by atoms with Crippen LogP contribution in [0.4, 0.5) is 5.69 Å². The van der Waals surface area contributed by atoms with Crippen LogP contribution in [0.25, 0.3) is 0 Å². The molecular weight excluding hydrogens is 436 g/mol. The molecule has 0 saturated carbocycles. The lowest BCUT2D eigenvalue weighted by molar-refractivity contribution is 0.0950. The van der Waals surface area contributed by atoms with Crippen molar-refractivity contribution in [3.05, 3.63) is 94.5 Å². The van der Waals surface area contributed by atoms with Gasteiger partial charge in [-0.25, -0.2) is 8.42 Å². The van der Waals surface area contributed by atoms with Crippen molar-refractivity contribution >= 4 is 21.6 Å². The molecule has 0 bridgehead atoms. The van der Waals surface area contributed by atoms with Gasteiger partial charge in [-0.2, -0.15) is 0 Å². The van der Waals surface area contributed by atoms with Gasteiger partial charge in [0.2, 0.25) is 10.0 Å². The average Bonchev–Trinajstić information content (AvgIpc) is 2.78. The summed E-state index contributed by atoms with van der Waals surface area (Å²) in [5, 5.41) is 2.91. The maximum Gasteiger partial charge on any atom is 0.251 e. The van der Waals surface area contributed by atoms with E-state index >= 15 is 0 Å². The highest BCUT2D eigenvalue weighted by atomic mass is 32.2. The third-order valence-corrected chi connectivity index (χ3v) is 6.41. The van der Waals surface area contributed by atoms with Crippen molar-refractivity contribution in [3.8, 4) is 5.75 Å². The van der Waals surface area contributed by atoms with Crippen LogP contribution in [0.5, 0.6) is 5.75 Å². The van der Waals surface area contributed by atoms with Crippen molar-refractivity contribution in [2.45, 2.75) is 33.9 Å². The van der Waals surface area contributed by atoms with Gasteiger partial charge in [-0.05, 0) is 61.7 Å². The molecule has 7 heteroatoms. The van der Waals surface area contributed by atoms with Crippen LogP contribution in [-0.4, -0.2) is 27.2 Å². The molecule has 33 heavy (non-hydrogen) atoms. The van der Waals surface area contributed by atoms with E-state index in [1.54, 1.807) is 24.3 Å². The van der Waals surface area contributed by atoms with E-state index in [-0.39, 0.29) is 12.5 Å². The number of aryl methyl sites for hydroxylation is 2. The molecule has 1 amide bonds. The molecule has 0 atom stereocenters. The number of anilines is 1. The Hall–Kier alpha value is -3.32. The Balaban J connectivity index is 1.72. The standard InChI is InChI=1S/C26H30N2O4S/c1-5-32-25-9-7-6-8-23(25)17-27-26(29)22-14-12-21(13-15-22)18-28(33(4,30)31)24-16-19(2)10-11-20(24)3/h6-16H,5,17-18H2,1-4H3,(H,27,29). The lowest BCUT2D eigenvalue weighted by Gasteiger charge is -2.25. The van der Waals surface area contributed by atoms with Crippen molar-refractivity contribution in [1.29, 1.82) is 0 Å². The zero-order chi connectivity index (χ0) is 24.0. The molecule has 0 fully saturated rings. The Morgan fingerprint density at radius 3 is 2.36 bits per heavy atom. The number of carbonyl (C=O) groups excluding carboxylic acids is 1. The molecule has 3 aromatic carbocycles. The minimum Gasteiger partial charge on any atom is -0.494 e. The highest BCUT2D eigenvalue weighted by Gasteiger charge is 2.20. The first kappa shape index (κ1) is 24.3. The summed E-state index contributed by atoms with van der Waals surface area (Å²) in [5.74, 6) is 0.547. The molecule has 0 heterocycles. The second-order valence-electron chi connectivity index (χ2n) is 7.98. The summed E-state index contributed by atoms with van der Waals surface area (Å²) in [4.78, 5) is 12.6. The van der Waals surface area contributed by atoms with Crippen LogP contribution in [0, 0.1) is 13.8 Å². The fourth-order valence-corrected chi connectivity index (χ4v) is 4.46. The smallest absolute Gasteiger partial charge is 0.251 e. The van der Waals surface area contributed by atoms with Gasteiger partial charge in [0.05, 0.1) is 25.1 Å². The minimum atomic E-state index is -3.49. The van der Waals surface area contributed by atoms with Crippen LogP contribution in [0.1, 0.15) is 39.5 Å². The van der Waals surface area contributed by atoms with E-state index in [0.29, 0.717) is 24.4 Å². The van der Waals surface area contributed by atoms with Crippen molar-refractivity contribution < 1.29 is 17.9 Å². The molecule has 0 saturated heterocycles. The molecule has 0 aliphatic heterocycles. The number of hydrogen-bond acceptors (Lipinski definition) is 4. The molecule has 1 N–H and O–H groups in total. The van der Waals surface area contributed by atoms with E-state index in [4.69, 9.17) is 4.74 Å². The van der Waals surface area contributed by atoms with Gasteiger partial charge in [-0.3, -0.25) is 9.10 Å². The van der Waals surface area contributed by atoms with Crippen molar-refractivity contribution in [1.82, 2.24) is 5.32 Å². The van der Waals surface area contributed by atoms with Crippen LogP contribution >= 0.6 is 0 Å². The van der Waals surface area contributed by atoms with Crippen LogP contribution in [-0.2, 0) is 23.1 Å². The Bertz CT molecular complexity index is 1220. The second-order valence-corrected chi connectivity index (χ2v) is 9.89. The van der Waals surface area contributed by atoms with E-state index in [1.807, 2.05) is 63.2 Å². The third kappa shape index (κ3) is 6.35. The van der Waals surface area contributed by atoms with Crippen LogP contribution < -0.4 is 14.4 Å². The predicted octanol–water partition coefficient (Wildman–Crippen LogP) is 4.60. The van der Waals surface area contributed by atoms with Gasteiger partial charge in [-0.1, -0.05) is 42.5 Å². The summed E-state index contributed by atoms with van der Waals surface area (Å²) in [7, 11) is -3.49. The first-order valence-electron chi connectivity index (χ1n) is 10.8. The number of para-hydroxylation sites is 1. The number of benzene rings is 3. The third-order valence-electron chi connectivity index (χ3n) is 5.29. The molecule has 3 rings (SSSR count). The van der Waals surface area contributed by atoms with Gasteiger partial charge in [0.25, 0.3) is 5.91 Å². The summed E-state index contributed by atoms with van der Waals surface area (Å²) in [5.41, 5.74) is 4.73. The van der Waals surface area contributed by atoms with Crippen molar-refractivity contribution in [3.63, 3.8) is 0 Å². The number of sulfonamides is 1. The fraction of sp³-hybridized carbons (Fsp3) is 0.269. The quantitative estimate of drug-likeness (QED) is 0.500. The van der Waals surface area contributed by atoms with Crippen LogP contribution in [0.3, 0.4) is 0 Å². The predicted molar refractivity (Wildman–Crippen MR) is 132 cm³/mol. The lowest BCUT2D eigenvalue weighted by atomic mass is 10.1. The molecule has 174 valence electrons. The van der Waals surface area contributed by atoms with Crippen LogP contribution in [0.2, 0.25) is 0 Å². The molecule has 0 aliphatic carbocycles. The molecule has 6 nitrogen and oxygen atoms in total. The maximum atomic E-state index is 12.6. The topological polar surface area (TPSA) is 75.7 Å². The van der Waals surface area contributed by atoms with Gasteiger partial charge in [-0.15, -0.1) is 0 Å². The normalized spacial score (nSPS) is 11.2. The Kier molecular flexibility index (Phi) is 7.76. The molecule has 0 unspecified atom stereocenters. The summed E-state index contributed by atoms with van der Waals surface area (Å²) >= 11 is 0. The molecule has 0 radical (unpaired) electrons. The Labute approximate surface area is 196 Å². The summed E-state index contributed by atoms with van der Waals surface area (Å²) in [6.45, 7) is 6.84. The zero-order valence-corrected chi connectivity index (χ0v) is 20.3. The van der Waals surface area contributed by atoms with Gasteiger partial charge < -0.3 is 10.1 Å². The lowest BCUT2D eigenvalue weighted by Crippen LogP contribution is -2.30.